The van der Waals surface area contributed by atoms with Crippen LogP contribution in [0.4, 0.5) is 26.3 Å². The lowest BCUT2D eigenvalue weighted by Crippen LogP contribution is -2.61. The number of alkyl halides is 6. The van der Waals surface area contributed by atoms with E-state index in [2.05, 4.69) is 123 Å². The van der Waals surface area contributed by atoms with Crippen molar-refractivity contribution in [2.45, 2.75) is 276 Å². The molecule has 15 nitrogen and oxygen atoms in total. The lowest BCUT2D eigenvalue weighted by Gasteiger charge is -2.32. The van der Waals surface area contributed by atoms with Crippen molar-refractivity contribution in [1.29, 1.82) is 0 Å². The fourth-order valence-electron chi connectivity index (χ4n) is 10.6. The van der Waals surface area contributed by atoms with Gasteiger partial charge in [0.2, 0.25) is 0 Å². The second-order valence-electron chi connectivity index (χ2n) is 29.0. The number of hydrogen-bond donors (Lipinski definition) is 3. The molecule has 0 aliphatic heterocycles. The zero-order valence-corrected chi connectivity index (χ0v) is 68.0. The lowest BCUT2D eigenvalue weighted by molar-refractivity contribution is -0.247. The minimum Gasteiger partial charge on any atom is -0.743 e. The molecule has 0 saturated carbocycles. The molecular weight excluding hydrogens is 1620 g/mol. The second-order valence-corrected chi connectivity index (χ2v) is 34.0. The first-order valence-electron chi connectivity index (χ1n) is 37.1. The smallest absolute Gasteiger partial charge is 0.450 e. The Morgan fingerprint density at radius 3 is 1.31 bits per heavy atom. The van der Waals surface area contributed by atoms with Crippen molar-refractivity contribution in [3.8, 4) is 22.1 Å². The first-order valence-corrected chi connectivity index (χ1v) is 41.1. The van der Waals surface area contributed by atoms with Gasteiger partial charge in [0, 0.05) is 34.3 Å². The van der Waals surface area contributed by atoms with Crippen LogP contribution in [0.15, 0.2) is 200 Å². The predicted octanol–water partition coefficient (Wildman–Crippen LogP) is 28.5. The average Bonchev–Trinajstić information content (AvgIpc) is 1.41. The van der Waals surface area contributed by atoms with Gasteiger partial charge in [0.15, 0.2) is 24.4 Å². The fourth-order valence-corrected chi connectivity index (χ4v) is 14.4. The summed E-state index contributed by atoms with van der Waals surface area (Å²) < 4.78 is 157. The molecule has 0 radical (unpaired) electrons. The number of halogens is 6. The van der Waals surface area contributed by atoms with Gasteiger partial charge < -0.3 is 38.3 Å². The maximum absolute atomic E-state index is 13.7. The summed E-state index contributed by atoms with van der Waals surface area (Å²) >= 11 is 0. The van der Waals surface area contributed by atoms with Crippen LogP contribution in [0.2, 0.25) is 0 Å². The van der Waals surface area contributed by atoms with Gasteiger partial charge >= 0.3 is 44.5 Å². The van der Waals surface area contributed by atoms with Crippen molar-refractivity contribution in [3.63, 3.8) is 0 Å². The molecule has 1 aliphatic rings. The second kappa shape index (κ2) is 54.6. The molecule has 0 spiro atoms. The summed E-state index contributed by atoms with van der Waals surface area (Å²) in [6, 6.07) is 62.7. The van der Waals surface area contributed by atoms with Crippen LogP contribution >= 0.6 is 10.5 Å². The number of carbonyl (C=O) groups is 3. The molecule has 9 aromatic rings. The van der Waals surface area contributed by atoms with Gasteiger partial charge in [-0.1, -0.05) is 250 Å². The van der Waals surface area contributed by atoms with E-state index in [1.54, 1.807) is 45.0 Å². The Morgan fingerprint density at radius 1 is 0.488 bits per heavy atom. The first-order chi connectivity index (χ1) is 52.0. The SMILES string of the molecule is C.C.C.C.C.C.C.C.C.C.CCC(C)(C)C(=O)OC(C)c1ccccc1.CCC(C)(C)C(=O)OC1CCCc2ccccc21.CCC(C)(C)C(=O)OCCc1ccc(OS(=O)(=O)C(F)(F)C(F)(F)C(F)(F)S(=O)(=O)[O-])cc1.CCC(C)c1ccc(O)cc1.CCC(C)c1ccc(O)cc1.OCCc1ccc(-[s+]2c3ccccc3c3ccccc32)cc1. The van der Waals surface area contributed by atoms with Gasteiger partial charge in [0.05, 0.1) is 22.9 Å². The number of carbonyl (C=O) groups excluding carboxylic acids is 3. The van der Waals surface area contributed by atoms with Crippen LogP contribution in [0, 0.1) is 16.2 Å². The zero-order chi connectivity index (χ0) is 82.9. The first kappa shape index (κ1) is 123. The summed E-state index contributed by atoms with van der Waals surface area (Å²) in [5.41, 5.74) is 6.19. The van der Waals surface area contributed by atoms with E-state index in [-0.39, 0.29) is 134 Å². The number of thiophene rings is 1. The molecule has 121 heavy (non-hydrogen) atoms. The molecule has 3 N–H and O–H groups in total. The van der Waals surface area contributed by atoms with Crippen LogP contribution in [0.3, 0.4) is 0 Å². The number of fused-ring (bicyclic) bond motifs is 4. The van der Waals surface area contributed by atoms with Crippen molar-refractivity contribution in [3.05, 3.63) is 239 Å². The van der Waals surface area contributed by atoms with E-state index < -0.39 is 59.2 Å². The third-order valence-electron chi connectivity index (χ3n) is 19.8. The molecule has 24 heteroatoms. The van der Waals surface area contributed by atoms with Crippen LogP contribution in [-0.4, -0.2) is 84.3 Å². The molecule has 0 fully saturated rings. The van der Waals surface area contributed by atoms with Crippen molar-refractivity contribution in [1.82, 2.24) is 0 Å². The minimum absolute atomic E-state index is 0. The van der Waals surface area contributed by atoms with E-state index in [1.807, 2.05) is 109 Å². The number of aliphatic hydroxyl groups is 1. The van der Waals surface area contributed by atoms with E-state index in [0.29, 0.717) is 47.5 Å². The molecule has 0 saturated heterocycles. The summed E-state index contributed by atoms with van der Waals surface area (Å²) in [6.07, 6.45) is 8.10. The van der Waals surface area contributed by atoms with Gasteiger partial charge in [-0.05, 0) is 230 Å². The number of esters is 3. The largest absolute Gasteiger partial charge is 0.743 e. The lowest BCUT2D eigenvalue weighted by atomic mass is 9.88. The molecule has 0 amide bonds. The predicted molar refractivity (Wildman–Crippen MR) is 494 cm³/mol. The third-order valence-corrected chi connectivity index (χ3v) is 24.3. The summed E-state index contributed by atoms with van der Waals surface area (Å²) in [5, 5.41) is 16.0. The quantitative estimate of drug-likeness (QED) is 0.0120. The number of aliphatic hydroxyl groups excluding tert-OH is 1. The number of ether oxygens (including phenoxy) is 3. The number of hydrogen-bond acceptors (Lipinski definition) is 15. The molecule has 10 rings (SSSR count). The molecule has 4 unspecified atom stereocenters. The van der Waals surface area contributed by atoms with Gasteiger partial charge in [0.25, 0.3) is 0 Å². The monoisotopic (exact) mass is 1760 g/mol. The Kier molecular flexibility index (Phi) is 55.5. The molecule has 684 valence electrons. The minimum atomic E-state index is -7.38. The number of benzene rings is 8. The number of rotatable bonds is 25. The van der Waals surface area contributed by atoms with Crippen molar-refractivity contribution < 1.29 is 95.8 Å². The third kappa shape index (κ3) is 33.4. The summed E-state index contributed by atoms with van der Waals surface area (Å²) in [6.45, 7) is 27.5. The topological polar surface area (TPSA) is 240 Å². The van der Waals surface area contributed by atoms with Crippen LogP contribution in [-0.2, 0) is 68.1 Å². The standard InChI is InChI=1S/C20H17OS.C17H20F6O8S2.C16H22O2.C14H20O2.2C10H14O.10CH4/c21-14-13-15-9-11-16(12-10-15)22-19-7-3-1-5-17(19)18-6-2-4-8-20(18)22;1-4-14(2,3)13(24)30-10-9-11-5-7-12(8-6-11)31-33(28,29)17(22,23)15(18,19)16(20,21)32(25,26)27;1-4-16(2,3)15(17)18-14-11-7-9-12-8-5-6-10-13(12)14;1-5-14(3,4)13(15)16-11(2)12-9-7-6-8-10-12;2*1-3-8(2)9-4-6-10(11)7-5-9;;;;;;;;;;/h1-12,21H,13-14H2;5-8H,4,9-10H2,1-3H3,(H,25,26,27);5-6,8,10,14H,4,7,9,11H2,1-3H3;6-11H,5H2,1-4H3;2*4-8,11H,3H2,1-2H3;10*1H4/q+1;;;;;;;;;;;;;;;/p-1. The van der Waals surface area contributed by atoms with E-state index in [1.165, 1.54) is 52.9 Å². The van der Waals surface area contributed by atoms with Crippen LogP contribution in [0.25, 0.3) is 25.1 Å². The Balaban J connectivity index is -0.000000335. The molecular formula is C97H146F6O15S3. The van der Waals surface area contributed by atoms with Crippen molar-refractivity contribution >= 4 is 68.8 Å². The maximum Gasteiger partial charge on any atom is 0.450 e. The zero-order valence-electron chi connectivity index (χ0n) is 65.6. The number of aryl methyl sites for hydroxylation is 1. The van der Waals surface area contributed by atoms with Gasteiger partial charge in [-0.2, -0.15) is 34.8 Å². The molecule has 1 aliphatic carbocycles. The highest BCUT2D eigenvalue weighted by Crippen LogP contribution is 2.52. The van der Waals surface area contributed by atoms with Gasteiger partial charge in [-0.3, -0.25) is 14.4 Å². The van der Waals surface area contributed by atoms with Gasteiger partial charge in [0.1, 0.15) is 29.5 Å². The van der Waals surface area contributed by atoms with Crippen LogP contribution in [0.5, 0.6) is 17.2 Å². The van der Waals surface area contributed by atoms with E-state index in [0.717, 1.165) is 69.1 Å². The summed E-state index contributed by atoms with van der Waals surface area (Å²) in [7, 11) is -14.3. The Morgan fingerprint density at radius 2 is 0.884 bits per heavy atom. The number of phenols is 2. The van der Waals surface area contributed by atoms with Crippen molar-refractivity contribution in [2.24, 2.45) is 16.2 Å². The van der Waals surface area contributed by atoms with E-state index in [9.17, 15) is 62.1 Å². The highest BCUT2D eigenvalue weighted by molar-refractivity contribution is 7.88. The molecule has 1 heterocycles. The molecule has 1 aromatic heterocycles. The highest BCUT2D eigenvalue weighted by atomic mass is 32.2. The Labute approximate surface area is 726 Å². The average molecular weight is 1760 g/mol. The van der Waals surface area contributed by atoms with Gasteiger partial charge in [-0.25, -0.2) is 8.42 Å². The number of phenolic OH excluding ortho intramolecular Hbond substituents is 2. The van der Waals surface area contributed by atoms with Crippen molar-refractivity contribution in [2.75, 3.05) is 13.2 Å². The van der Waals surface area contributed by atoms with Gasteiger partial charge in [-0.15, -0.1) is 0 Å². The Hall–Kier alpha value is -8.81. The summed E-state index contributed by atoms with van der Waals surface area (Å²) in [4.78, 5) is 37.2. The van der Waals surface area contributed by atoms with E-state index >= 15 is 0 Å². The molecule has 4 atom stereocenters. The maximum atomic E-state index is 13.7. The molecule has 0 bridgehead atoms. The Bertz CT molecular complexity index is 4550. The normalized spacial score (nSPS) is 12.9. The fraction of sp³-hybridized carbons (Fsp3) is 0.474. The number of aromatic hydroxyl groups is 2. The summed E-state index contributed by atoms with van der Waals surface area (Å²) in [5.74, 6) is -6.99. The van der Waals surface area contributed by atoms with Crippen LogP contribution < -0.4 is 4.18 Å². The van der Waals surface area contributed by atoms with Crippen LogP contribution in [0.1, 0.15) is 279 Å². The highest BCUT2D eigenvalue weighted by Gasteiger charge is 2.81. The molecule has 8 aromatic carbocycles. The van der Waals surface area contributed by atoms with E-state index in [4.69, 9.17) is 29.5 Å².